The molecular formula is C11H17Cl3N2O. The molecule has 0 radical (unpaired) electrons. The first-order chi connectivity index (χ1) is 6.83. The van der Waals surface area contributed by atoms with E-state index in [1.165, 1.54) is 24.8 Å². The van der Waals surface area contributed by atoms with Crippen molar-refractivity contribution in [1.29, 1.82) is 0 Å². The molecule has 17 heavy (non-hydrogen) atoms. The molecule has 1 aromatic rings. The minimum Gasteiger partial charge on any atom is -0.412 e. The zero-order valence-corrected chi connectivity index (χ0v) is 11.6. The van der Waals surface area contributed by atoms with E-state index in [4.69, 9.17) is 11.6 Å². The molecule has 3 atom stereocenters. The Bertz CT molecular complexity index is 347. The SMILES string of the molecule is Cl.Cl.Clc1ccc(C2CC3CCC2N3)cn1.O. The Kier molecular flexibility index (Phi) is 6.74. The van der Waals surface area contributed by atoms with Crippen LogP contribution in [0.1, 0.15) is 30.7 Å². The van der Waals surface area contributed by atoms with Crippen molar-refractivity contribution in [3.05, 3.63) is 29.0 Å². The van der Waals surface area contributed by atoms with Gasteiger partial charge in [-0.25, -0.2) is 4.98 Å². The van der Waals surface area contributed by atoms with Gasteiger partial charge in [0, 0.05) is 24.2 Å². The number of rotatable bonds is 1. The first-order valence-corrected chi connectivity index (χ1v) is 5.58. The zero-order valence-electron chi connectivity index (χ0n) is 9.23. The number of hydrogen-bond donors (Lipinski definition) is 1. The third-order valence-electron chi connectivity index (χ3n) is 3.48. The van der Waals surface area contributed by atoms with Gasteiger partial charge in [0.2, 0.25) is 0 Å². The molecule has 2 saturated heterocycles. The van der Waals surface area contributed by atoms with Gasteiger partial charge in [-0.1, -0.05) is 17.7 Å². The van der Waals surface area contributed by atoms with Gasteiger partial charge >= 0.3 is 0 Å². The first-order valence-electron chi connectivity index (χ1n) is 5.20. The topological polar surface area (TPSA) is 56.4 Å². The molecule has 0 amide bonds. The van der Waals surface area contributed by atoms with Crippen molar-refractivity contribution in [2.75, 3.05) is 0 Å². The third-order valence-corrected chi connectivity index (χ3v) is 3.70. The molecular weight excluding hydrogens is 282 g/mol. The summed E-state index contributed by atoms with van der Waals surface area (Å²) in [4.78, 5) is 4.14. The van der Waals surface area contributed by atoms with Crippen LogP contribution in [0.25, 0.3) is 0 Å². The highest BCUT2D eigenvalue weighted by atomic mass is 35.5. The summed E-state index contributed by atoms with van der Waals surface area (Å²) in [5.41, 5.74) is 1.34. The Labute approximate surface area is 118 Å². The molecule has 1 aromatic heterocycles. The molecule has 2 aliphatic rings. The van der Waals surface area contributed by atoms with Crippen LogP contribution in [0.4, 0.5) is 0 Å². The van der Waals surface area contributed by atoms with E-state index in [2.05, 4.69) is 16.4 Å². The smallest absolute Gasteiger partial charge is 0.129 e. The largest absolute Gasteiger partial charge is 0.412 e. The summed E-state index contributed by atoms with van der Waals surface area (Å²) in [6, 6.07) is 5.44. The highest BCUT2D eigenvalue weighted by Crippen LogP contribution is 2.39. The van der Waals surface area contributed by atoms with Gasteiger partial charge in [0.25, 0.3) is 0 Å². The minimum atomic E-state index is 0. The second-order valence-corrected chi connectivity index (χ2v) is 4.69. The number of hydrogen-bond acceptors (Lipinski definition) is 2. The molecule has 3 unspecified atom stereocenters. The van der Waals surface area contributed by atoms with Crippen LogP contribution in [0.5, 0.6) is 0 Å². The summed E-state index contributed by atoms with van der Waals surface area (Å²) in [5, 5.41) is 4.22. The number of nitrogens with zero attached hydrogens (tertiary/aromatic N) is 1. The van der Waals surface area contributed by atoms with E-state index < -0.39 is 0 Å². The van der Waals surface area contributed by atoms with Crippen LogP contribution in [0.2, 0.25) is 5.15 Å². The van der Waals surface area contributed by atoms with E-state index >= 15 is 0 Å². The number of pyridine rings is 1. The van der Waals surface area contributed by atoms with Gasteiger partial charge in [-0.3, -0.25) is 0 Å². The van der Waals surface area contributed by atoms with Crippen molar-refractivity contribution < 1.29 is 5.48 Å². The van der Waals surface area contributed by atoms with Crippen LogP contribution < -0.4 is 5.32 Å². The van der Waals surface area contributed by atoms with Gasteiger partial charge in [-0.05, 0) is 30.9 Å². The van der Waals surface area contributed by atoms with Crippen molar-refractivity contribution in [3.8, 4) is 0 Å². The molecule has 3 nitrogen and oxygen atoms in total. The lowest BCUT2D eigenvalue weighted by molar-refractivity contribution is 0.505. The number of nitrogens with one attached hydrogen (secondary N) is 1. The summed E-state index contributed by atoms with van der Waals surface area (Å²) >= 11 is 5.77. The molecule has 2 bridgehead atoms. The van der Waals surface area contributed by atoms with Crippen LogP contribution in [-0.2, 0) is 0 Å². The summed E-state index contributed by atoms with van der Waals surface area (Å²) in [7, 11) is 0. The van der Waals surface area contributed by atoms with E-state index in [1.54, 1.807) is 0 Å². The quantitative estimate of drug-likeness (QED) is 0.809. The molecule has 3 heterocycles. The Hall–Kier alpha value is -0.0600. The summed E-state index contributed by atoms with van der Waals surface area (Å²) in [6.07, 6.45) is 5.86. The zero-order chi connectivity index (χ0) is 9.54. The van der Waals surface area contributed by atoms with Gasteiger partial charge in [0.1, 0.15) is 5.15 Å². The van der Waals surface area contributed by atoms with Crippen molar-refractivity contribution in [3.63, 3.8) is 0 Å². The van der Waals surface area contributed by atoms with Gasteiger partial charge in [0.05, 0.1) is 0 Å². The fraction of sp³-hybridized carbons (Fsp3) is 0.545. The maximum absolute atomic E-state index is 5.77. The number of aromatic nitrogens is 1. The fourth-order valence-corrected chi connectivity index (χ4v) is 2.91. The Morgan fingerprint density at radius 1 is 1.24 bits per heavy atom. The normalized spacial score (nSPS) is 28.9. The highest BCUT2D eigenvalue weighted by molar-refractivity contribution is 6.29. The first kappa shape index (κ1) is 16.9. The molecule has 3 rings (SSSR count). The second kappa shape index (κ2) is 6.76. The molecule has 0 aromatic carbocycles. The minimum absolute atomic E-state index is 0. The van der Waals surface area contributed by atoms with E-state index in [-0.39, 0.29) is 30.3 Å². The maximum atomic E-state index is 5.77. The van der Waals surface area contributed by atoms with Crippen LogP contribution in [0.15, 0.2) is 18.3 Å². The number of halogens is 3. The summed E-state index contributed by atoms with van der Waals surface area (Å²) in [5.74, 6) is 0.665. The average Bonchev–Trinajstić information content (AvgIpc) is 2.80. The molecule has 6 heteroatoms. The van der Waals surface area contributed by atoms with E-state index in [1.807, 2.05) is 12.3 Å². The predicted molar refractivity (Wildman–Crippen MR) is 74.7 cm³/mol. The predicted octanol–water partition coefficient (Wildman–Crippen LogP) is 2.36. The summed E-state index contributed by atoms with van der Waals surface area (Å²) in [6.45, 7) is 0. The van der Waals surface area contributed by atoms with Crippen molar-refractivity contribution in [1.82, 2.24) is 10.3 Å². The lowest BCUT2D eigenvalue weighted by Gasteiger charge is -2.19. The number of fused-ring (bicyclic) bond motifs is 2. The van der Waals surface area contributed by atoms with Crippen molar-refractivity contribution >= 4 is 36.4 Å². The molecule has 2 aliphatic heterocycles. The second-order valence-electron chi connectivity index (χ2n) is 4.30. The van der Waals surface area contributed by atoms with Gasteiger partial charge in [0.15, 0.2) is 0 Å². The molecule has 0 spiro atoms. The molecule has 0 saturated carbocycles. The highest BCUT2D eigenvalue weighted by Gasteiger charge is 2.39. The Morgan fingerprint density at radius 3 is 2.47 bits per heavy atom. The molecule has 3 N–H and O–H groups in total. The van der Waals surface area contributed by atoms with Crippen LogP contribution in [0, 0.1) is 0 Å². The van der Waals surface area contributed by atoms with Crippen LogP contribution in [0.3, 0.4) is 0 Å². The lowest BCUT2D eigenvalue weighted by Crippen LogP contribution is -2.21. The maximum Gasteiger partial charge on any atom is 0.129 e. The standard InChI is InChI=1S/C11H13ClN2.2ClH.H2O/c12-11-4-1-7(6-13-11)9-5-8-2-3-10(9)14-8;;;/h1,4,6,8-10,14H,2-3,5H2;2*1H;1H2. The van der Waals surface area contributed by atoms with E-state index in [0.717, 1.165) is 6.04 Å². The molecule has 98 valence electrons. The van der Waals surface area contributed by atoms with Gasteiger partial charge in [-0.2, -0.15) is 0 Å². The Balaban J connectivity index is 0.000000853. The third kappa shape index (κ3) is 3.24. The molecule has 0 aliphatic carbocycles. The van der Waals surface area contributed by atoms with Gasteiger partial charge in [-0.15, -0.1) is 24.8 Å². The van der Waals surface area contributed by atoms with Gasteiger partial charge < -0.3 is 10.8 Å². The Morgan fingerprint density at radius 2 is 2.00 bits per heavy atom. The average molecular weight is 300 g/mol. The van der Waals surface area contributed by atoms with Crippen LogP contribution in [-0.4, -0.2) is 22.5 Å². The molecule has 2 fully saturated rings. The fourth-order valence-electron chi connectivity index (χ4n) is 2.80. The van der Waals surface area contributed by atoms with Crippen molar-refractivity contribution in [2.45, 2.75) is 37.3 Å². The van der Waals surface area contributed by atoms with Crippen LogP contribution >= 0.6 is 36.4 Å². The van der Waals surface area contributed by atoms with E-state index in [9.17, 15) is 0 Å². The lowest BCUT2D eigenvalue weighted by atomic mass is 9.85. The van der Waals surface area contributed by atoms with E-state index in [0.29, 0.717) is 17.1 Å². The van der Waals surface area contributed by atoms with Crippen molar-refractivity contribution in [2.24, 2.45) is 0 Å². The summed E-state index contributed by atoms with van der Waals surface area (Å²) < 4.78 is 0. The monoisotopic (exact) mass is 298 g/mol.